The number of hydrogen-bond donors (Lipinski definition) is 0. The second-order valence-electron chi connectivity index (χ2n) is 7.01. The van der Waals surface area contributed by atoms with Crippen molar-refractivity contribution < 1.29 is 13.6 Å². The Morgan fingerprint density at radius 2 is 2.07 bits per heavy atom. The largest absolute Gasteiger partial charge is 0.464 e. The molecular weight excluding hydrogens is 345 g/mol. The zero-order valence-electron chi connectivity index (χ0n) is 14.9. The van der Waals surface area contributed by atoms with Gasteiger partial charge in [0.15, 0.2) is 11.2 Å². The van der Waals surface area contributed by atoms with Crippen molar-refractivity contribution in [3.8, 4) is 0 Å². The van der Waals surface area contributed by atoms with Crippen LogP contribution in [0, 0.1) is 5.82 Å². The molecule has 0 spiro atoms. The second-order valence-corrected chi connectivity index (χ2v) is 7.01. The third-order valence-corrected chi connectivity index (χ3v) is 5.23. The SMILES string of the molecule is O=C(CCN1CCC(c2cccc(F)c2)C1)c1ccc2c(=O)ccoc2c1. The molecule has 2 aromatic carbocycles. The normalized spacial score (nSPS) is 17.4. The van der Waals surface area contributed by atoms with E-state index in [1.165, 1.54) is 18.4 Å². The molecule has 1 aliphatic rings. The summed E-state index contributed by atoms with van der Waals surface area (Å²) in [5.74, 6) is 0.132. The number of nitrogens with zero attached hydrogens (tertiary/aromatic N) is 1. The fourth-order valence-electron chi connectivity index (χ4n) is 3.73. The highest BCUT2D eigenvalue weighted by Gasteiger charge is 2.24. The Labute approximate surface area is 156 Å². The lowest BCUT2D eigenvalue weighted by atomic mass is 9.98. The van der Waals surface area contributed by atoms with Crippen LogP contribution in [0.4, 0.5) is 4.39 Å². The first kappa shape index (κ1) is 17.6. The maximum Gasteiger partial charge on any atom is 0.192 e. The highest BCUT2D eigenvalue weighted by Crippen LogP contribution is 2.27. The molecule has 0 aliphatic carbocycles. The number of Topliss-reactive ketones (excluding diaryl/α,β-unsaturated/α-hetero) is 1. The molecule has 0 N–H and O–H groups in total. The van der Waals surface area contributed by atoms with Gasteiger partial charge in [0.2, 0.25) is 0 Å². The van der Waals surface area contributed by atoms with E-state index >= 15 is 0 Å². The third kappa shape index (κ3) is 3.83. The summed E-state index contributed by atoms with van der Waals surface area (Å²) in [6, 6.07) is 13.1. The van der Waals surface area contributed by atoms with Crippen molar-refractivity contribution in [2.45, 2.75) is 18.8 Å². The number of rotatable bonds is 5. The van der Waals surface area contributed by atoms with E-state index in [1.54, 1.807) is 30.3 Å². The third-order valence-electron chi connectivity index (χ3n) is 5.23. The number of likely N-dealkylation sites (tertiary alicyclic amines) is 1. The molecule has 1 aromatic heterocycles. The topological polar surface area (TPSA) is 50.5 Å². The summed E-state index contributed by atoms with van der Waals surface area (Å²) in [7, 11) is 0. The van der Waals surface area contributed by atoms with Crippen LogP contribution in [-0.2, 0) is 0 Å². The van der Waals surface area contributed by atoms with Crippen LogP contribution in [0.15, 0.2) is 64.0 Å². The van der Waals surface area contributed by atoms with Crippen LogP contribution in [-0.4, -0.2) is 30.3 Å². The molecule has 0 amide bonds. The van der Waals surface area contributed by atoms with Crippen molar-refractivity contribution in [2.24, 2.45) is 0 Å². The first-order valence-corrected chi connectivity index (χ1v) is 9.13. The van der Waals surface area contributed by atoms with Crippen molar-refractivity contribution in [3.05, 3.63) is 82.0 Å². The molecule has 4 rings (SSSR count). The summed E-state index contributed by atoms with van der Waals surface area (Å²) < 4.78 is 18.8. The lowest BCUT2D eigenvalue weighted by Crippen LogP contribution is -2.23. The summed E-state index contributed by atoms with van der Waals surface area (Å²) in [6.07, 6.45) is 2.72. The minimum absolute atomic E-state index is 0.0256. The highest BCUT2D eigenvalue weighted by atomic mass is 19.1. The summed E-state index contributed by atoms with van der Waals surface area (Å²) in [6.45, 7) is 2.41. The number of carbonyl (C=O) groups is 1. The molecule has 0 radical (unpaired) electrons. The molecule has 4 nitrogen and oxygen atoms in total. The van der Waals surface area contributed by atoms with E-state index < -0.39 is 0 Å². The Morgan fingerprint density at radius 3 is 2.93 bits per heavy atom. The van der Waals surface area contributed by atoms with Gasteiger partial charge in [-0.1, -0.05) is 18.2 Å². The first-order valence-electron chi connectivity index (χ1n) is 9.13. The second kappa shape index (κ2) is 7.45. The zero-order valence-corrected chi connectivity index (χ0v) is 14.9. The Balaban J connectivity index is 1.38. The van der Waals surface area contributed by atoms with Gasteiger partial charge >= 0.3 is 0 Å². The molecule has 3 aromatic rings. The number of hydrogen-bond acceptors (Lipinski definition) is 4. The molecule has 27 heavy (non-hydrogen) atoms. The van der Waals surface area contributed by atoms with Crippen LogP contribution in [0.1, 0.15) is 34.7 Å². The molecule has 1 fully saturated rings. The van der Waals surface area contributed by atoms with Crippen LogP contribution in [0.5, 0.6) is 0 Å². The molecule has 138 valence electrons. The Hall–Kier alpha value is -2.79. The summed E-state index contributed by atoms with van der Waals surface area (Å²) in [4.78, 5) is 26.5. The highest BCUT2D eigenvalue weighted by molar-refractivity contribution is 5.99. The van der Waals surface area contributed by atoms with Crippen molar-refractivity contribution >= 4 is 16.8 Å². The molecule has 1 aliphatic heterocycles. The van der Waals surface area contributed by atoms with Gasteiger partial charge in [-0.2, -0.15) is 0 Å². The van der Waals surface area contributed by atoms with Gasteiger partial charge < -0.3 is 9.32 Å². The van der Waals surface area contributed by atoms with Gasteiger partial charge in [-0.15, -0.1) is 0 Å². The fourth-order valence-corrected chi connectivity index (χ4v) is 3.73. The molecule has 0 saturated carbocycles. The van der Waals surface area contributed by atoms with Gasteiger partial charge in [0.1, 0.15) is 11.4 Å². The Morgan fingerprint density at radius 1 is 1.19 bits per heavy atom. The van der Waals surface area contributed by atoms with Crippen molar-refractivity contribution in [3.63, 3.8) is 0 Å². The van der Waals surface area contributed by atoms with E-state index in [9.17, 15) is 14.0 Å². The van der Waals surface area contributed by atoms with E-state index in [0.717, 1.165) is 25.1 Å². The standard InChI is InChI=1S/C22H20FNO3/c23-18-3-1-2-15(12-18)17-6-9-24(14-17)10-7-20(25)16-4-5-19-21(26)8-11-27-22(19)13-16/h1-5,8,11-13,17H,6-7,9-10,14H2. The van der Waals surface area contributed by atoms with Crippen LogP contribution in [0.25, 0.3) is 11.0 Å². The summed E-state index contributed by atoms with van der Waals surface area (Å²) in [5, 5.41) is 0.478. The van der Waals surface area contributed by atoms with Gasteiger partial charge in [-0.3, -0.25) is 9.59 Å². The number of carbonyl (C=O) groups excluding carboxylic acids is 1. The van der Waals surface area contributed by atoms with Gasteiger partial charge in [0, 0.05) is 31.1 Å². The zero-order chi connectivity index (χ0) is 18.8. The van der Waals surface area contributed by atoms with Gasteiger partial charge in [-0.05, 0) is 48.7 Å². The summed E-state index contributed by atoms with van der Waals surface area (Å²) in [5.41, 5.74) is 1.89. The maximum absolute atomic E-state index is 13.4. The number of fused-ring (bicyclic) bond motifs is 1. The molecule has 1 atom stereocenters. The average Bonchev–Trinajstić information content (AvgIpc) is 3.15. The number of halogens is 1. The maximum atomic E-state index is 13.4. The van der Waals surface area contributed by atoms with Crippen LogP contribution in [0.2, 0.25) is 0 Å². The van der Waals surface area contributed by atoms with Gasteiger partial charge in [-0.25, -0.2) is 4.39 Å². The summed E-state index contributed by atoms with van der Waals surface area (Å²) >= 11 is 0. The van der Waals surface area contributed by atoms with Crippen LogP contribution >= 0.6 is 0 Å². The van der Waals surface area contributed by atoms with E-state index in [2.05, 4.69) is 4.90 Å². The molecule has 5 heteroatoms. The molecule has 0 bridgehead atoms. The number of benzene rings is 2. The van der Waals surface area contributed by atoms with Gasteiger partial charge in [0.25, 0.3) is 0 Å². The lowest BCUT2D eigenvalue weighted by molar-refractivity contribution is 0.0968. The molecular formula is C22H20FNO3. The van der Waals surface area contributed by atoms with Crippen molar-refractivity contribution in [2.75, 3.05) is 19.6 Å². The molecule has 1 saturated heterocycles. The minimum atomic E-state index is -0.205. The van der Waals surface area contributed by atoms with E-state index in [0.29, 0.717) is 35.4 Å². The fraction of sp³-hybridized carbons (Fsp3) is 0.273. The van der Waals surface area contributed by atoms with E-state index in [-0.39, 0.29) is 17.0 Å². The molecule has 2 heterocycles. The average molecular weight is 365 g/mol. The van der Waals surface area contributed by atoms with Gasteiger partial charge in [0.05, 0.1) is 11.6 Å². The van der Waals surface area contributed by atoms with Crippen molar-refractivity contribution in [1.29, 1.82) is 0 Å². The monoisotopic (exact) mass is 365 g/mol. The predicted molar refractivity (Wildman–Crippen MR) is 102 cm³/mol. The Bertz CT molecular complexity index is 1040. The van der Waals surface area contributed by atoms with E-state index in [4.69, 9.17) is 4.42 Å². The smallest absolute Gasteiger partial charge is 0.192 e. The van der Waals surface area contributed by atoms with Crippen molar-refractivity contribution in [1.82, 2.24) is 4.90 Å². The van der Waals surface area contributed by atoms with Crippen LogP contribution in [0.3, 0.4) is 0 Å². The predicted octanol–water partition coefficient (Wildman–Crippen LogP) is 3.99. The minimum Gasteiger partial charge on any atom is -0.464 e. The quantitative estimate of drug-likeness (QED) is 0.642. The molecule has 1 unspecified atom stereocenters. The van der Waals surface area contributed by atoms with E-state index in [1.807, 2.05) is 6.07 Å². The first-order chi connectivity index (χ1) is 13.1. The Kier molecular flexibility index (Phi) is 4.86. The van der Waals surface area contributed by atoms with Crippen LogP contribution < -0.4 is 5.43 Å². The lowest BCUT2D eigenvalue weighted by Gasteiger charge is -2.16. The number of ketones is 1.